The summed E-state index contributed by atoms with van der Waals surface area (Å²) in [6.07, 6.45) is 0.744. The zero-order valence-corrected chi connectivity index (χ0v) is 11.4. The van der Waals surface area contributed by atoms with Crippen molar-refractivity contribution in [3.63, 3.8) is 0 Å². The van der Waals surface area contributed by atoms with Gasteiger partial charge in [-0.05, 0) is 29.0 Å². The van der Waals surface area contributed by atoms with Crippen LogP contribution in [0.5, 0.6) is 0 Å². The Hall–Kier alpha value is -0.960. The molecule has 94 valence electrons. The Kier molecular flexibility index (Phi) is 5.06. The van der Waals surface area contributed by atoms with Gasteiger partial charge in [0.15, 0.2) is 0 Å². The summed E-state index contributed by atoms with van der Waals surface area (Å²) in [5.74, 6) is -0.483. The highest BCUT2D eigenvalue weighted by molar-refractivity contribution is 14.1. The molecule has 0 saturated heterocycles. The molecule has 0 aliphatic rings. The molecule has 0 saturated carbocycles. The molecule has 1 aromatic carbocycles. The van der Waals surface area contributed by atoms with Crippen LogP contribution in [0.4, 0.5) is 15.8 Å². The molecule has 0 heterocycles. The predicted molar refractivity (Wildman–Crippen MR) is 72.5 cm³/mol. The van der Waals surface area contributed by atoms with E-state index >= 15 is 0 Å². The molecule has 17 heavy (non-hydrogen) atoms. The van der Waals surface area contributed by atoms with Gasteiger partial charge in [0.25, 0.3) is 5.69 Å². The van der Waals surface area contributed by atoms with Crippen molar-refractivity contribution in [2.75, 3.05) is 11.9 Å². The number of benzene rings is 1. The zero-order chi connectivity index (χ0) is 13.0. The standard InChI is InChI=1S/C10H13FIN3O2/c1-2-6(13)5-14-9-3-7(11)8(12)4-10(9)15(16)17/h3-4,6,14H,2,5,13H2,1H3. The van der Waals surface area contributed by atoms with Gasteiger partial charge in [-0.25, -0.2) is 4.39 Å². The van der Waals surface area contributed by atoms with Crippen LogP contribution in [0.25, 0.3) is 0 Å². The number of nitro benzene ring substituents is 1. The summed E-state index contributed by atoms with van der Waals surface area (Å²) in [6, 6.07) is 2.22. The van der Waals surface area contributed by atoms with E-state index in [1.807, 2.05) is 6.92 Å². The lowest BCUT2D eigenvalue weighted by molar-refractivity contribution is -0.384. The molecule has 7 heteroatoms. The van der Waals surface area contributed by atoms with Crippen molar-refractivity contribution < 1.29 is 9.31 Å². The Labute approximate surface area is 112 Å². The predicted octanol–water partition coefficient (Wildman–Crippen LogP) is 2.49. The van der Waals surface area contributed by atoms with E-state index in [2.05, 4.69) is 5.32 Å². The number of rotatable bonds is 5. The molecule has 0 amide bonds. The molecule has 0 aromatic heterocycles. The van der Waals surface area contributed by atoms with Crippen LogP contribution in [0.2, 0.25) is 0 Å². The Morgan fingerprint density at radius 2 is 2.29 bits per heavy atom. The molecule has 0 aliphatic heterocycles. The highest BCUT2D eigenvalue weighted by atomic mass is 127. The lowest BCUT2D eigenvalue weighted by Crippen LogP contribution is -2.28. The average Bonchev–Trinajstić information content (AvgIpc) is 2.29. The van der Waals surface area contributed by atoms with Crippen molar-refractivity contribution in [1.82, 2.24) is 0 Å². The molecule has 1 aromatic rings. The topological polar surface area (TPSA) is 81.2 Å². The molecule has 5 nitrogen and oxygen atoms in total. The smallest absolute Gasteiger partial charge is 0.293 e. The van der Waals surface area contributed by atoms with E-state index in [1.54, 1.807) is 22.6 Å². The minimum atomic E-state index is -0.540. The lowest BCUT2D eigenvalue weighted by atomic mass is 10.2. The van der Waals surface area contributed by atoms with Crippen LogP contribution >= 0.6 is 22.6 Å². The molecule has 0 spiro atoms. The Morgan fingerprint density at radius 3 is 2.82 bits per heavy atom. The van der Waals surface area contributed by atoms with Gasteiger partial charge in [-0.3, -0.25) is 10.1 Å². The molecule has 0 aliphatic carbocycles. The molecule has 0 fully saturated rings. The second-order valence-electron chi connectivity index (χ2n) is 3.59. The summed E-state index contributed by atoms with van der Waals surface area (Å²) in [5, 5.41) is 13.6. The zero-order valence-electron chi connectivity index (χ0n) is 9.24. The Bertz CT molecular complexity index is 428. The normalized spacial score (nSPS) is 12.2. The first-order chi connectivity index (χ1) is 7.95. The van der Waals surface area contributed by atoms with E-state index in [0.717, 1.165) is 12.5 Å². The van der Waals surface area contributed by atoms with Gasteiger partial charge in [-0.15, -0.1) is 0 Å². The molecule has 1 rings (SSSR count). The quantitative estimate of drug-likeness (QED) is 0.484. The molecule has 1 atom stereocenters. The van der Waals surface area contributed by atoms with Gasteiger partial charge < -0.3 is 11.1 Å². The number of nitrogens with two attached hydrogens (primary N) is 1. The molecular formula is C10H13FIN3O2. The van der Waals surface area contributed by atoms with Crippen molar-refractivity contribution in [2.45, 2.75) is 19.4 Å². The minimum absolute atomic E-state index is 0.114. The Balaban J connectivity index is 2.96. The minimum Gasteiger partial charge on any atom is -0.378 e. The maximum absolute atomic E-state index is 13.3. The fraction of sp³-hybridized carbons (Fsp3) is 0.400. The van der Waals surface area contributed by atoms with Gasteiger partial charge in [0.2, 0.25) is 0 Å². The van der Waals surface area contributed by atoms with Gasteiger partial charge >= 0.3 is 0 Å². The number of nitrogens with one attached hydrogen (secondary N) is 1. The fourth-order valence-corrected chi connectivity index (χ4v) is 1.67. The van der Waals surface area contributed by atoms with Crippen LogP contribution in [0, 0.1) is 19.5 Å². The van der Waals surface area contributed by atoms with Crippen LogP contribution in [0.3, 0.4) is 0 Å². The third kappa shape index (κ3) is 3.77. The lowest BCUT2D eigenvalue weighted by Gasteiger charge is -2.12. The highest BCUT2D eigenvalue weighted by Gasteiger charge is 2.17. The number of halogens is 2. The highest BCUT2D eigenvalue weighted by Crippen LogP contribution is 2.28. The number of hydrogen-bond donors (Lipinski definition) is 2. The summed E-state index contributed by atoms with van der Waals surface area (Å²) >= 11 is 1.72. The second-order valence-corrected chi connectivity index (χ2v) is 4.75. The number of nitrogens with zero attached hydrogens (tertiary/aromatic N) is 1. The molecule has 1 unspecified atom stereocenters. The molecule has 0 bridgehead atoms. The largest absolute Gasteiger partial charge is 0.378 e. The van der Waals surface area contributed by atoms with Crippen molar-refractivity contribution in [2.24, 2.45) is 5.73 Å². The first-order valence-corrected chi connectivity index (χ1v) is 6.16. The second kappa shape index (κ2) is 6.10. The molecule has 3 N–H and O–H groups in total. The maximum Gasteiger partial charge on any atom is 0.293 e. The summed E-state index contributed by atoms with van der Waals surface area (Å²) in [5.41, 5.74) is 5.71. The summed E-state index contributed by atoms with van der Waals surface area (Å²) in [4.78, 5) is 10.3. The third-order valence-corrected chi connectivity index (χ3v) is 3.14. The monoisotopic (exact) mass is 353 g/mol. The van der Waals surface area contributed by atoms with Gasteiger partial charge in [-0.2, -0.15) is 0 Å². The Morgan fingerprint density at radius 1 is 1.65 bits per heavy atom. The number of nitro groups is 1. The van der Waals surface area contributed by atoms with Crippen molar-refractivity contribution in [3.8, 4) is 0 Å². The summed E-state index contributed by atoms with van der Waals surface area (Å²) in [6.45, 7) is 2.28. The van der Waals surface area contributed by atoms with Crippen molar-refractivity contribution in [1.29, 1.82) is 0 Å². The van der Waals surface area contributed by atoms with E-state index in [4.69, 9.17) is 5.73 Å². The van der Waals surface area contributed by atoms with E-state index in [9.17, 15) is 14.5 Å². The van der Waals surface area contributed by atoms with Gasteiger partial charge in [0.1, 0.15) is 11.5 Å². The van der Waals surface area contributed by atoms with Crippen LogP contribution < -0.4 is 11.1 Å². The summed E-state index contributed by atoms with van der Waals surface area (Å²) < 4.78 is 13.5. The SMILES string of the molecule is CCC(N)CNc1cc(F)c(I)cc1[N+](=O)[O-]. The van der Waals surface area contributed by atoms with E-state index < -0.39 is 10.7 Å². The van der Waals surface area contributed by atoms with Crippen molar-refractivity contribution in [3.05, 3.63) is 31.6 Å². The van der Waals surface area contributed by atoms with Crippen LogP contribution in [0.15, 0.2) is 12.1 Å². The van der Waals surface area contributed by atoms with Crippen molar-refractivity contribution >= 4 is 34.0 Å². The van der Waals surface area contributed by atoms with Crippen LogP contribution in [-0.4, -0.2) is 17.5 Å². The van der Waals surface area contributed by atoms with Gasteiger partial charge in [0.05, 0.1) is 8.49 Å². The average molecular weight is 353 g/mol. The fourth-order valence-electron chi connectivity index (χ4n) is 1.21. The van der Waals surface area contributed by atoms with Gasteiger partial charge in [-0.1, -0.05) is 6.92 Å². The van der Waals surface area contributed by atoms with Crippen LogP contribution in [-0.2, 0) is 0 Å². The first kappa shape index (κ1) is 14.1. The summed E-state index contributed by atoms with van der Waals surface area (Å²) in [7, 11) is 0. The van der Waals surface area contributed by atoms with E-state index in [0.29, 0.717) is 6.54 Å². The number of hydrogen-bond acceptors (Lipinski definition) is 4. The number of anilines is 1. The molecular weight excluding hydrogens is 340 g/mol. The maximum atomic E-state index is 13.3. The van der Waals surface area contributed by atoms with Gasteiger partial charge in [0, 0.05) is 24.7 Å². The van der Waals surface area contributed by atoms with E-state index in [1.165, 1.54) is 6.07 Å². The molecule has 0 radical (unpaired) electrons. The van der Waals surface area contributed by atoms with Crippen LogP contribution in [0.1, 0.15) is 13.3 Å². The first-order valence-electron chi connectivity index (χ1n) is 5.08. The van der Waals surface area contributed by atoms with E-state index in [-0.39, 0.29) is 21.0 Å². The third-order valence-electron chi connectivity index (χ3n) is 2.31.